The first-order valence-corrected chi connectivity index (χ1v) is 6.03. The summed E-state index contributed by atoms with van der Waals surface area (Å²) in [7, 11) is 5.47. The number of hydrogen-bond donors (Lipinski definition) is 1. The van der Waals surface area contributed by atoms with Gasteiger partial charge in [0.15, 0.2) is 0 Å². The fraction of sp³-hybridized carbons (Fsp3) is 0.308. The Balaban J connectivity index is 2.51. The van der Waals surface area contributed by atoms with E-state index in [0.29, 0.717) is 5.02 Å². The molecule has 96 valence electrons. The minimum atomic E-state index is -0.00819. The predicted octanol–water partition coefficient (Wildman–Crippen LogP) is 2.39. The normalized spacial score (nSPS) is 12.4. The number of aromatic nitrogens is 2. The molecule has 1 unspecified atom stereocenters. The van der Waals surface area contributed by atoms with Crippen LogP contribution in [0.15, 0.2) is 30.5 Å². The molecule has 0 fully saturated rings. The van der Waals surface area contributed by atoms with Crippen LogP contribution in [0.25, 0.3) is 0 Å². The number of nitrogens with zero attached hydrogens (tertiary/aromatic N) is 2. The van der Waals surface area contributed by atoms with E-state index in [1.165, 1.54) is 0 Å². The third kappa shape index (κ3) is 2.35. The molecule has 1 aromatic carbocycles. The van der Waals surface area contributed by atoms with Crippen molar-refractivity contribution in [3.8, 4) is 5.75 Å². The molecule has 0 aliphatic carbocycles. The SMILES string of the molecule is CNC(c1cc(Cl)ccc1OC)c1ccnn1C. The molecule has 2 aromatic rings. The minimum Gasteiger partial charge on any atom is -0.496 e. The summed E-state index contributed by atoms with van der Waals surface area (Å²) in [6.45, 7) is 0. The Hall–Kier alpha value is -1.52. The molecule has 0 amide bonds. The van der Waals surface area contributed by atoms with Crippen LogP contribution in [0.4, 0.5) is 0 Å². The summed E-state index contributed by atoms with van der Waals surface area (Å²) in [4.78, 5) is 0. The zero-order valence-electron chi connectivity index (χ0n) is 10.6. The van der Waals surface area contributed by atoms with Gasteiger partial charge in [-0.3, -0.25) is 4.68 Å². The van der Waals surface area contributed by atoms with Gasteiger partial charge in [0.1, 0.15) is 5.75 Å². The highest BCUT2D eigenvalue weighted by Crippen LogP contribution is 2.31. The first-order valence-electron chi connectivity index (χ1n) is 5.66. The summed E-state index contributed by atoms with van der Waals surface area (Å²) >= 11 is 6.07. The second kappa shape index (κ2) is 5.42. The summed E-state index contributed by atoms with van der Waals surface area (Å²) in [5, 5.41) is 8.14. The number of nitrogens with one attached hydrogen (secondary N) is 1. The van der Waals surface area contributed by atoms with Gasteiger partial charge in [0.25, 0.3) is 0 Å². The van der Waals surface area contributed by atoms with Gasteiger partial charge in [-0.2, -0.15) is 5.10 Å². The summed E-state index contributed by atoms with van der Waals surface area (Å²) < 4.78 is 7.23. The molecule has 0 aliphatic rings. The summed E-state index contributed by atoms with van der Waals surface area (Å²) in [5.74, 6) is 0.806. The molecule has 0 saturated carbocycles. The topological polar surface area (TPSA) is 39.1 Å². The highest BCUT2D eigenvalue weighted by atomic mass is 35.5. The molecule has 5 heteroatoms. The molecular weight excluding hydrogens is 250 g/mol. The summed E-state index contributed by atoms with van der Waals surface area (Å²) in [5.41, 5.74) is 2.05. The number of aryl methyl sites for hydroxylation is 1. The number of halogens is 1. The van der Waals surface area contributed by atoms with Gasteiger partial charge in [0.2, 0.25) is 0 Å². The van der Waals surface area contributed by atoms with E-state index in [2.05, 4.69) is 10.4 Å². The van der Waals surface area contributed by atoms with Crippen LogP contribution in [-0.4, -0.2) is 23.9 Å². The van der Waals surface area contributed by atoms with Gasteiger partial charge in [-0.15, -0.1) is 0 Å². The van der Waals surface area contributed by atoms with Crippen molar-refractivity contribution in [1.82, 2.24) is 15.1 Å². The van der Waals surface area contributed by atoms with Crippen molar-refractivity contribution in [3.63, 3.8) is 0 Å². The van der Waals surface area contributed by atoms with E-state index in [4.69, 9.17) is 16.3 Å². The van der Waals surface area contributed by atoms with Crippen LogP contribution in [0.5, 0.6) is 5.75 Å². The molecule has 0 bridgehead atoms. The first kappa shape index (κ1) is 12.9. The molecule has 1 N–H and O–H groups in total. The lowest BCUT2D eigenvalue weighted by molar-refractivity contribution is 0.404. The lowest BCUT2D eigenvalue weighted by atomic mass is 10.0. The Kier molecular flexibility index (Phi) is 3.89. The molecule has 0 aliphatic heterocycles. The van der Waals surface area contributed by atoms with Crippen LogP contribution in [0, 0.1) is 0 Å². The number of methoxy groups -OCH3 is 1. The zero-order chi connectivity index (χ0) is 13.1. The second-order valence-electron chi connectivity index (χ2n) is 3.99. The van der Waals surface area contributed by atoms with Crippen LogP contribution >= 0.6 is 11.6 Å². The van der Waals surface area contributed by atoms with Gasteiger partial charge < -0.3 is 10.1 Å². The smallest absolute Gasteiger partial charge is 0.124 e. The van der Waals surface area contributed by atoms with E-state index in [1.807, 2.05) is 43.0 Å². The maximum Gasteiger partial charge on any atom is 0.124 e. The summed E-state index contributed by atoms with van der Waals surface area (Å²) in [6.07, 6.45) is 1.77. The minimum absolute atomic E-state index is 0.00819. The van der Waals surface area contributed by atoms with E-state index in [9.17, 15) is 0 Å². The highest BCUT2D eigenvalue weighted by molar-refractivity contribution is 6.30. The number of hydrogen-bond acceptors (Lipinski definition) is 3. The van der Waals surface area contributed by atoms with E-state index >= 15 is 0 Å². The van der Waals surface area contributed by atoms with Crippen molar-refractivity contribution in [2.75, 3.05) is 14.2 Å². The van der Waals surface area contributed by atoms with Crippen LogP contribution in [-0.2, 0) is 7.05 Å². The van der Waals surface area contributed by atoms with Crippen LogP contribution in [0.3, 0.4) is 0 Å². The lowest BCUT2D eigenvalue weighted by Crippen LogP contribution is -2.21. The monoisotopic (exact) mass is 265 g/mol. The van der Waals surface area contributed by atoms with E-state index in [0.717, 1.165) is 17.0 Å². The van der Waals surface area contributed by atoms with Crippen LogP contribution in [0.2, 0.25) is 5.02 Å². The lowest BCUT2D eigenvalue weighted by Gasteiger charge is -2.20. The average Bonchev–Trinajstić information content (AvgIpc) is 2.77. The van der Waals surface area contributed by atoms with Crippen molar-refractivity contribution in [2.24, 2.45) is 7.05 Å². The third-order valence-electron chi connectivity index (χ3n) is 2.95. The third-order valence-corrected chi connectivity index (χ3v) is 3.18. The Morgan fingerprint density at radius 2 is 2.17 bits per heavy atom. The van der Waals surface area contributed by atoms with Gasteiger partial charge in [-0.25, -0.2) is 0 Å². The molecule has 0 saturated heterocycles. The Morgan fingerprint density at radius 3 is 2.72 bits per heavy atom. The van der Waals surface area contributed by atoms with Crippen molar-refractivity contribution >= 4 is 11.6 Å². The van der Waals surface area contributed by atoms with E-state index < -0.39 is 0 Å². The Morgan fingerprint density at radius 1 is 1.39 bits per heavy atom. The molecule has 4 nitrogen and oxygen atoms in total. The molecule has 0 spiro atoms. The second-order valence-corrected chi connectivity index (χ2v) is 4.42. The maximum absolute atomic E-state index is 6.07. The highest BCUT2D eigenvalue weighted by Gasteiger charge is 2.19. The van der Waals surface area contributed by atoms with E-state index in [-0.39, 0.29) is 6.04 Å². The first-order chi connectivity index (χ1) is 8.67. The molecular formula is C13H16ClN3O. The van der Waals surface area contributed by atoms with Gasteiger partial charge >= 0.3 is 0 Å². The summed E-state index contributed by atoms with van der Waals surface area (Å²) in [6, 6.07) is 7.57. The van der Waals surface area contributed by atoms with Gasteiger partial charge in [-0.05, 0) is 31.3 Å². The fourth-order valence-electron chi connectivity index (χ4n) is 2.06. The maximum atomic E-state index is 6.07. The standard InChI is InChI=1S/C13H16ClN3O/c1-15-13(11-6-7-16-17(11)2)10-8-9(14)4-5-12(10)18-3/h4-8,13,15H,1-3H3. The van der Waals surface area contributed by atoms with Gasteiger partial charge in [0.05, 0.1) is 18.8 Å². The Labute approximate surface area is 112 Å². The van der Waals surface area contributed by atoms with Crippen molar-refractivity contribution in [3.05, 3.63) is 46.7 Å². The van der Waals surface area contributed by atoms with Crippen LogP contribution < -0.4 is 10.1 Å². The molecule has 2 rings (SSSR count). The van der Waals surface area contributed by atoms with Gasteiger partial charge in [0, 0.05) is 23.8 Å². The van der Waals surface area contributed by atoms with Gasteiger partial charge in [-0.1, -0.05) is 11.6 Å². The quantitative estimate of drug-likeness (QED) is 0.923. The number of benzene rings is 1. The van der Waals surface area contributed by atoms with Crippen LogP contribution in [0.1, 0.15) is 17.3 Å². The molecule has 18 heavy (non-hydrogen) atoms. The fourth-order valence-corrected chi connectivity index (χ4v) is 2.24. The molecule has 1 heterocycles. The number of ether oxygens (including phenoxy) is 1. The molecule has 1 aromatic heterocycles. The Bertz CT molecular complexity index is 539. The van der Waals surface area contributed by atoms with Crippen molar-refractivity contribution in [2.45, 2.75) is 6.04 Å². The average molecular weight is 266 g/mol. The molecule has 1 atom stereocenters. The molecule has 0 radical (unpaired) electrons. The van der Waals surface area contributed by atoms with Crippen molar-refractivity contribution < 1.29 is 4.74 Å². The van der Waals surface area contributed by atoms with E-state index in [1.54, 1.807) is 13.3 Å². The number of rotatable bonds is 4. The largest absolute Gasteiger partial charge is 0.496 e. The predicted molar refractivity (Wildman–Crippen MR) is 72.1 cm³/mol. The van der Waals surface area contributed by atoms with Crippen molar-refractivity contribution in [1.29, 1.82) is 0 Å². The zero-order valence-corrected chi connectivity index (χ0v) is 11.4.